The first-order chi connectivity index (χ1) is 13.4. The molecule has 1 aliphatic carbocycles. The molecule has 10 nitrogen and oxygen atoms in total. The van der Waals surface area contributed by atoms with Crippen LogP contribution in [0.5, 0.6) is 0 Å². The van der Waals surface area contributed by atoms with Gasteiger partial charge in [-0.3, -0.25) is 9.10 Å². The number of aromatic nitrogens is 5. The molecule has 0 bridgehead atoms. The number of aryl methyl sites for hydroxylation is 1. The molecule has 0 aromatic carbocycles. The molecule has 2 aromatic rings. The Balaban J connectivity index is 1.43. The Labute approximate surface area is 172 Å². The average Bonchev–Trinajstić information content (AvgIpc) is 2.97. The second kappa shape index (κ2) is 7.10. The lowest BCUT2D eigenvalue weighted by molar-refractivity contribution is -0.115. The minimum Gasteiger partial charge on any atom is -0.348 e. The number of carbonyl (C=O) groups is 1. The van der Waals surface area contributed by atoms with E-state index in [0.29, 0.717) is 35.6 Å². The second-order valence-electron chi connectivity index (χ2n) is 7.05. The van der Waals surface area contributed by atoms with Crippen LogP contribution in [-0.4, -0.2) is 50.5 Å². The van der Waals surface area contributed by atoms with Crippen LogP contribution in [0, 0.1) is 24.2 Å². The number of nitrogens with zero attached hydrogens (tertiary/aromatic N) is 8. The summed E-state index contributed by atoms with van der Waals surface area (Å²) in [6.45, 7) is 2.69. The zero-order valence-electron chi connectivity index (χ0n) is 15.3. The standard InChI is InChI=1S/C16H18ClN9OS/c1-8-13-15(24(2)7-12(27)20-13)21-16(19-8)26(28)10-3-9(4-10)6-25-22-11(5-18)14(17)23-25/h9-10,28H,3-4,6-7H2,1-2H3,(H,20,27). The maximum absolute atomic E-state index is 11.7. The molecule has 4 rings (SSSR count). The zero-order valence-corrected chi connectivity index (χ0v) is 16.9. The van der Waals surface area contributed by atoms with Gasteiger partial charge in [0.1, 0.15) is 11.8 Å². The highest BCUT2D eigenvalue weighted by molar-refractivity contribution is 7.81. The number of amides is 1. The Morgan fingerprint density at radius 2 is 2.14 bits per heavy atom. The van der Waals surface area contributed by atoms with E-state index in [0.717, 1.165) is 12.8 Å². The molecular weight excluding hydrogens is 402 g/mol. The van der Waals surface area contributed by atoms with Crippen LogP contribution < -0.4 is 14.5 Å². The predicted octanol–water partition coefficient (Wildman–Crippen LogP) is 1.42. The highest BCUT2D eigenvalue weighted by Crippen LogP contribution is 2.37. The van der Waals surface area contributed by atoms with Crippen LogP contribution in [0.15, 0.2) is 0 Å². The lowest BCUT2D eigenvalue weighted by atomic mass is 9.80. The summed E-state index contributed by atoms with van der Waals surface area (Å²) in [5.74, 6) is 1.48. The number of thiol groups is 1. The quantitative estimate of drug-likeness (QED) is 0.715. The highest BCUT2D eigenvalue weighted by atomic mass is 35.5. The summed E-state index contributed by atoms with van der Waals surface area (Å²) >= 11 is 10.5. The third-order valence-electron chi connectivity index (χ3n) is 4.97. The van der Waals surface area contributed by atoms with Crippen molar-refractivity contribution in [2.75, 3.05) is 28.1 Å². The normalized spacial score (nSPS) is 20.8. The van der Waals surface area contributed by atoms with Crippen LogP contribution in [0.25, 0.3) is 0 Å². The third kappa shape index (κ3) is 3.33. The van der Waals surface area contributed by atoms with E-state index in [1.165, 1.54) is 4.80 Å². The van der Waals surface area contributed by atoms with Gasteiger partial charge < -0.3 is 10.2 Å². The summed E-state index contributed by atoms with van der Waals surface area (Å²) in [5, 5.41) is 20.0. The molecule has 2 aliphatic rings. The van der Waals surface area contributed by atoms with E-state index in [2.05, 4.69) is 38.3 Å². The van der Waals surface area contributed by atoms with E-state index in [-0.39, 0.29) is 29.3 Å². The van der Waals surface area contributed by atoms with E-state index < -0.39 is 0 Å². The zero-order chi connectivity index (χ0) is 20.0. The monoisotopic (exact) mass is 419 g/mol. The van der Waals surface area contributed by atoms with Gasteiger partial charge in [0.05, 0.1) is 18.8 Å². The minimum atomic E-state index is -0.0779. The van der Waals surface area contributed by atoms with Gasteiger partial charge in [0.15, 0.2) is 11.0 Å². The largest absolute Gasteiger partial charge is 0.348 e. The van der Waals surface area contributed by atoms with E-state index in [9.17, 15) is 4.79 Å². The summed E-state index contributed by atoms with van der Waals surface area (Å²) < 4.78 is 1.78. The number of fused-ring (bicyclic) bond motifs is 1. The van der Waals surface area contributed by atoms with Crippen LogP contribution in [0.1, 0.15) is 24.2 Å². The first-order valence-corrected chi connectivity index (χ1v) is 9.52. The molecule has 1 saturated carbocycles. The number of anilines is 3. The maximum Gasteiger partial charge on any atom is 0.244 e. The molecule has 146 valence electrons. The molecule has 1 aliphatic heterocycles. The Hall–Kier alpha value is -2.58. The predicted molar refractivity (Wildman–Crippen MR) is 106 cm³/mol. The van der Waals surface area contributed by atoms with Crippen molar-refractivity contribution in [1.82, 2.24) is 25.0 Å². The first kappa shape index (κ1) is 18.8. The van der Waals surface area contributed by atoms with Gasteiger partial charge in [-0.2, -0.15) is 15.0 Å². The molecule has 0 atom stereocenters. The van der Waals surface area contributed by atoms with E-state index >= 15 is 0 Å². The Bertz CT molecular complexity index is 981. The second-order valence-corrected chi connectivity index (χ2v) is 7.84. The fourth-order valence-corrected chi connectivity index (χ4v) is 3.90. The number of nitrogens with one attached hydrogen (secondary N) is 1. The number of halogens is 1. The third-order valence-corrected chi connectivity index (χ3v) is 5.73. The summed E-state index contributed by atoms with van der Waals surface area (Å²) in [4.78, 5) is 24.1. The van der Waals surface area contributed by atoms with Crippen molar-refractivity contribution >= 4 is 47.8 Å². The minimum absolute atomic E-state index is 0.0779. The molecule has 0 unspecified atom stereocenters. The van der Waals surface area contributed by atoms with Crippen LogP contribution in [-0.2, 0) is 11.3 Å². The molecule has 0 radical (unpaired) electrons. The van der Waals surface area contributed by atoms with E-state index in [4.69, 9.17) is 16.9 Å². The average molecular weight is 420 g/mol. The van der Waals surface area contributed by atoms with Crippen molar-refractivity contribution in [2.24, 2.45) is 5.92 Å². The Morgan fingerprint density at radius 1 is 1.39 bits per heavy atom. The topological polar surface area (TPSA) is 116 Å². The van der Waals surface area contributed by atoms with Gasteiger partial charge in [-0.1, -0.05) is 24.4 Å². The SMILES string of the molecule is Cc1nc(N(S)C2CC(Cn3nc(Cl)c(C#N)n3)C2)nc2c1NC(=O)CN2C. The van der Waals surface area contributed by atoms with Crippen molar-refractivity contribution in [3.05, 3.63) is 16.5 Å². The van der Waals surface area contributed by atoms with E-state index in [1.54, 1.807) is 9.21 Å². The lowest BCUT2D eigenvalue weighted by Gasteiger charge is -2.40. The number of rotatable bonds is 4. The van der Waals surface area contributed by atoms with Crippen molar-refractivity contribution in [3.63, 3.8) is 0 Å². The summed E-state index contributed by atoms with van der Waals surface area (Å²) in [7, 11) is 1.83. The molecule has 1 fully saturated rings. The summed E-state index contributed by atoms with van der Waals surface area (Å²) in [6, 6.07) is 2.09. The number of hydrogen-bond donors (Lipinski definition) is 2. The first-order valence-electron chi connectivity index (χ1n) is 8.74. The van der Waals surface area contributed by atoms with Crippen molar-refractivity contribution < 1.29 is 4.79 Å². The number of likely N-dealkylation sites (N-methyl/N-ethyl adjacent to an activating group) is 1. The number of nitriles is 1. The molecule has 0 saturated heterocycles. The molecule has 12 heteroatoms. The van der Waals surface area contributed by atoms with Gasteiger partial charge in [-0.25, -0.2) is 4.98 Å². The summed E-state index contributed by atoms with van der Waals surface area (Å²) in [6.07, 6.45) is 1.74. The highest BCUT2D eigenvalue weighted by Gasteiger charge is 2.35. The van der Waals surface area contributed by atoms with E-state index in [1.807, 2.05) is 20.0 Å². The van der Waals surface area contributed by atoms with Gasteiger partial charge in [-0.15, -0.1) is 10.2 Å². The van der Waals surface area contributed by atoms with Crippen molar-refractivity contribution in [3.8, 4) is 6.07 Å². The molecule has 28 heavy (non-hydrogen) atoms. The fraction of sp³-hybridized carbons (Fsp3) is 0.500. The molecule has 0 spiro atoms. The smallest absolute Gasteiger partial charge is 0.244 e. The summed E-state index contributed by atoms with van der Waals surface area (Å²) in [5.41, 5.74) is 1.49. The van der Waals surface area contributed by atoms with Crippen molar-refractivity contribution in [2.45, 2.75) is 32.4 Å². The Morgan fingerprint density at radius 3 is 2.82 bits per heavy atom. The fourth-order valence-electron chi connectivity index (χ4n) is 3.46. The molecule has 3 heterocycles. The molecular formula is C16H18ClN9OS. The number of carbonyl (C=O) groups excluding carboxylic acids is 1. The van der Waals surface area contributed by atoms with Gasteiger partial charge in [0, 0.05) is 13.1 Å². The lowest BCUT2D eigenvalue weighted by Crippen LogP contribution is -2.43. The van der Waals surface area contributed by atoms with Crippen LogP contribution >= 0.6 is 24.4 Å². The molecule has 1 N–H and O–H groups in total. The van der Waals surface area contributed by atoms with Crippen LogP contribution in [0.4, 0.5) is 17.5 Å². The molecule has 1 amide bonds. The van der Waals surface area contributed by atoms with Gasteiger partial charge in [0.2, 0.25) is 17.5 Å². The van der Waals surface area contributed by atoms with Crippen LogP contribution in [0.2, 0.25) is 5.15 Å². The Kier molecular flexibility index (Phi) is 4.76. The van der Waals surface area contributed by atoms with Gasteiger partial charge >= 0.3 is 0 Å². The van der Waals surface area contributed by atoms with Gasteiger partial charge in [-0.05, 0) is 25.7 Å². The molecule has 2 aromatic heterocycles. The van der Waals surface area contributed by atoms with Gasteiger partial charge in [0.25, 0.3) is 0 Å². The van der Waals surface area contributed by atoms with Crippen molar-refractivity contribution in [1.29, 1.82) is 5.26 Å². The number of hydrogen-bond acceptors (Lipinski definition) is 9. The maximum atomic E-state index is 11.7. The van der Waals surface area contributed by atoms with Crippen LogP contribution in [0.3, 0.4) is 0 Å².